The molecule has 11 nitrogen and oxygen atoms in total. The lowest BCUT2D eigenvalue weighted by molar-refractivity contribution is 0.184. The van der Waals surface area contributed by atoms with Gasteiger partial charge in [0.1, 0.15) is 34.4 Å². The SMILES string of the molecule is COC[C@]12C[C@H]1[C@@](C)(c1cc(/C=C(\F)c3cnc(Cl)cn3)ccc1F)N=C(N)S2.[C-]#[N+]c1cnc(/C(F)=C/c2ccc(F)c([C@@]3(C)N=C(N)S[C@@]4(COC)C[C@H]43)c2)cn1. The molecule has 2 fully saturated rings. The number of thioether (sulfide) groups is 2. The highest BCUT2D eigenvalue weighted by molar-refractivity contribution is 8.15. The van der Waals surface area contributed by atoms with E-state index >= 15 is 0 Å². The quantitative estimate of drug-likeness (QED) is 0.117. The highest BCUT2D eigenvalue weighted by Crippen LogP contribution is 2.67. The van der Waals surface area contributed by atoms with Crippen LogP contribution in [0.2, 0.25) is 5.15 Å². The Morgan fingerprint density at radius 1 is 0.780 bits per heavy atom. The molecule has 0 amide bonds. The number of ether oxygens (including phenoxy) is 2. The predicted octanol–water partition coefficient (Wildman–Crippen LogP) is 8.73. The lowest BCUT2D eigenvalue weighted by atomic mass is 9.85. The molecule has 6 atom stereocenters. The minimum Gasteiger partial charge on any atom is -0.383 e. The van der Waals surface area contributed by atoms with Crippen LogP contribution in [0.25, 0.3) is 28.7 Å². The standard InChI is InChI=1S/C21H19F2N5OS.C20H19ClF2N4OS/c1-20(17-8-21(17,11-29-3)30-19(24)28-20)13-6-12(4-5-14(13)22)7-15(23)16-9-27-18(25-2)10-26-16;1-19(16-7-20(16,10-28-2)29-18(24)27-19)12-5-11(3-4-13(12)22)6-14(23)15-8-26-17(21)9-25-15/h4-7,9-10,17H,8,11H2,1,3H3,(H2,24,28);3-6,8-9,16H,7,10H2,1-2H3,(H2,24,27)/b15-7-;14-6-/t17-,20+,21+;16-,19+,20+/m00/s1. The highest BCUT2D eigenvalue weighted by atomic mass is 35.5. The molecule has 0 radical (unpaired) electrons. The van der Waals surface area contributed by atoms with Crippen molar-refractivity contribution in [3.63, 3.8) is 0 Å². The van der Waals surface area contributed by atoms with Crippen molar-refractivity contribution < 1.29 is 27.0 Å². The second-order valence-corrected chi connectivity index (χ2v) is 18.2. The maximum atomic E-state index is 14.9. The average Bonchev–Trinajstić information content (AvgIpc) is 4.12. The summed E-state index contributed by atoms with van der Waals surface area (Å²) in [6.45, 7) is 11.6. The largest absolute Gasteiger partial charge is 0.383 e. The first-order chi connectivity index (χ1) is 28.1. The van der Waals surface area contributed by atoms with Crippen LogP contribution in [-0.4, -0.2) is 67.2 Å². The van der Waals surface area contributed by atoms with Crippen molar-refractivity contribution in [1.82, 2.24) is 19.9 Å². The van der Waals surface area contributed by atoms with E-state index in [-0.39, 0.29) is 43.7 Å². The van der Waals surface area contributed by atoms with Crippen molar-refractivity contribution in [1.29, 1.82) is 0 Å². The lowest BCUT2D eigenvalue weighted by Crippen LogP contribution is -2.37. The number of methoxy groups -OCH3 is 2. The number of aromatic nitrogens is 4. The fourth-order valence-corrected chi connectivity index (χ4v) is 11.1. The molecule has 0 bridgehead atoms. The first kappa shape index (κ1) is 42.3. The van der Waals surface area contributed by atoms with Crippen molar-refractivity contribution in [2.24, 2.45) is 33.3 Å². The third-order valence-corrected chi connectivity index (χ3v) is 13.8. The summed E-state index contributed by atoms with van der Waals surface area (Å²) in [4.78, 5) is 27.8. The summed E-state index contributed by atoms with van der Waals surface area (Å²) >= 11 is 8.65. The molecule has 59 heavy (non-hydrogen) atoms. The summed E-state index contributed by atoms with van der Waals surface area (Å²) in [6, 6.07) is 8.83. The molecule has 4 aliphatic rings. The van der Waals surface area contributed by atoms with Crippen LogP contribution in [0, 0.1) is 30.0 Å². The van der Waals surface area contributed by atoms with Crippen molar-refractivity contribution >= 4 is 75.1 Å². The highest BCUT2D eigenvalue weighted by Gasteiger charge is 2.67. The van der Waals surface area contributed by atoms with Crippen LogP contribution < -0.4 is 11.5 Å². The van der Waals surface area contributed by atoms with Gasteiger partial charge in [0.15, 0.2) is 22.0 Å². The summed E-state index contributed by atoms with van der Waals surface area (Å²) in [5.41, 5.74) is 12.2. The van der Waals surface area contributed by atoms with Gasteiger partial charge in [-0.1, -0.05) is 53.8 Å². The third-order valence-electron chi connectivity index (χ3n) is 11.0. The van der Waals surface area contributed by atoms with Crippen LogP contribution in [0.1, 0.15) is 60.3 Å². The second kappa shape index (κ2) is 16.3. The molecule has 4 aromatic rings. The van der Waals surface area contributed by atoms with Gasteiger partial charge in [-0.05, 0) is 74.2 Å². The van der Waals surface area contributed by atoms with Gasteiger partial charge in [-0.2, -0.15) is 0 Å². The van der Waals surface area contributed by atoms with Gasteiger partial charge in [-0.3, -0.25) is 15.0 Å². The molecule has 2 aromatic heterocycles. The van der Waals surface area contributed by atoms with Crippen LogP contribution in [0.4, 0.5) is 23.4 Å². The van der Waals surface area contributed by atoms with E-state index in [0.29, 0.717) is 45.8 Å². The predicted molar refractivity (Wildman–Crippen MR) is 225 cm³/mol. The second-order valence-electron chi connectivity index (χ2n) is 15.0. The van der Waals surface area contributed by atoms with Gasteiger partial charge in [-0.15, -0.1) is 4.98 Å². The number of hydrogen-bond donors (Lipinski definition) is 2. The molecule has 4 N–H and O–H groups in total. The van der Waals surface area contributed by atoms with Gasteiger partial charge in [0.2, 0.25) is 0 Å². The number of aliphatic imine (C=N–C) groups is 2. The van der Waals surface area contributed by atoms with E-state index in [4.69, 9.17) is 39.1 Å². The fraction of sp³-hybridized carbons (Fsp3) is 0.341. The van der Waals surface area contributed by atoms with E-state index in [0.717, 1.165) is 12.8 Å². The molecule has 2 aromatic carbocycles. The smallest absolute Gasteiger partial charge is 0.287 e. The van der Waals surface area contributed by atoms with E-state index in [9.17, 15) is 17.6 Å². The Balaban J connectivity index is 0.000000179. The molecule has 8 rings (SSSR count). The van der Waals surface area contributed by atoms with Crippen LogP contribution >= 0.6 is 35.1 Å². The van der Waals surface area contributed by atoms with Gasteiger partial charge < -0.3 is 25.8 Å². The maximum Gasteiger partial charge on any atom is 0.287 e. The number of benzene rings is 2. The molecular formula is C41H38ClF4N9O2S2. The summed E-state index contributed by atoms with van der Waals surface area (Å²) < 4.78 is 69.2. The molecule has 2 aliphatic heterocycles. The molecule has 2 aliphatic carbocycles. The minimum absolute atomic E-state index is 0.00266. The number of rotatable bonds is 10. The topological polar surface area (TPSA) is 151 Å². The summed E-state index contributed by atoms with van der Waals surface area (Å²) in [6.07, 6.45) is 9.07. The molecule has 306 valence electrons. The van der Waals surface area contributed by atoms with Gasteiger partial charge in [-0.25, -0.2) is 27.5 Å². The zero-order chi connectivity index (χ0) is 42.3. The third kappa shape index (κ3) is 8.33. The molecule has 4 heterocycles. The van der Waals surface area contributed by atoms with E-state index < -0.39 is 34.4 Å². The summed E-state index contributed by atoms with van der Waals surface area (Å²) in [5.74, 6) is -1.83. The minimum atomic E-state index is -0.866. The van der Waals surface area contributed by atoms with Crippen LogP contribution in [-0.2, 0) is 20.6 Å². The Labute approximate surface area is 351 Å². The van der Waals surface area contributed by atoms with Crippen molar-refractivity contribution in [2.75, 3.05) is 27.4 Å². The van der Waals surface area contributed by atoms with Crippen molar-refractivity contribution in [2.45, 2.75) is 47.3 Å². The number of fused-ring (bicyclic) bond motifs is 2. The number of hydrogen-bond acceptors (Lipinski definition) is 12. The van der Waals surface area contributed by atoms with Crippen LogP contribution in [0.5, 0.6) is 0 Å². The molecule has 0 unspecified atom stereocenters. The van der Waals surface area contributed by atoms with Crippen LogP contribution in [0.15, 0.2) is 71.2 Å². The first-order valence-corrected chi connectivity index (χ1v) is 20.2. The number of nitrogens with zero attached hydrogens (tertiary/aromatic N) is 7. The Hall–Kier alpha value is -4.86. The Kier molecular flexibility index (Phi) is 11.7. The van der Waals surface area contributed by atoms with Gasteiger partial charge in [0, 0.05) is 37.2 Å². The first-order valence-electron chi connectivity index (χ1n) is 18.2. The van der Waals surface area contributed by atoms with E-state index in [1.807, 2.05) is 13.8 Å². The average molecular weight is 864 g/mol. The van der Waals surface area contributed by atoms with E-state index in [1.54, 1.807) is 26.4 Å². The fourth-order valence-electron chi connectivity index (χ4n) is 8.08. The van der Waals surface area contributed by atoms with Gasteiger partial charge >= 0.3 is 0 Å². The number of halogens is 5. The Morgan fingerprint density at radius 2 is 1.24 bits per heavy atom. The zero-order valence-electron chi connectivity index (χ0n) is 32.2. The summed E-state index contributed by atoms with van der Waals surface area (Å²) in [5, 5.41) is 0.972. The Morgan fingerprint density at radius 3 is 1.63 bits per heavy atom. The molecule has 18 heteroatoms. The van der Waals surface area contributed by atoms with Crippen molar-refractivity contribution in [3.8, 4) is 0 Å². The lowest BCUT2D eigenvalue weighted by Gasteiger charge is -2.34. The van der Waals surface area contributed by atoms with Crippen LogP contribution in [0.3, 0.4) is 0 Å². The number of nitrogens with two attached hydrogens (primary N) is 2. The maximum absolute atomic E-state index is 14.9. The van der Waals surface area contributed by atoms with E-state index in [1.165, 1.54) is 84.7 Å². The van der Waals surface area contributed by atoms with Gasteiger partial charge in [0.05, 0.1) is 52.4 Å². The zero-order valence-corrected chi connectivity index (χ0v) is 34.6. The molecule has 0 spiro atoms. The van der Waals surface area contributed by atoms with E-state index in [2.05, 4.69) is 34.8 Å². The molecule has 2 saturated carbocycles. The molecular weight excluding hydrogens is 826 g/mol. The normalized spacial score (nSPS) is 28.2. The monoisotopic (exact) mass is 863 g/mol. The number of amidine groups is 2. The van der Waals surface area contributed by atoms with Gasteiger partial charge in [0.25, 0.3) is 5.82 Å². The summed E-state index contributed by atoms with van der Waals surface area (Å²) in [7, 11) is 3.27. The Bertz CT molecular complexity index is 2450. The van der Waals surface area contributed by atoms with Crippen molar-refractivity contribution in [3.05, 3.63) is 123 Å². The molecule has 0 saturated heterocycles.